The summed E-state index contributed by atoms with van der Waals surface area (Å²) in [5, 5.41) is 7.34. The van der Waals surface area contributed by atoms with Gasteiger partial charge in [-0.15, -0.1) is 0 Å². The minimum absolute atomic E-state index is 0.159. The zero-order valence-electron chi connectivity index (χ0n) is 9.90. The number of nitrogens with one attached hydrogen (secondary N) is 2. The zero-order chi connectivity index (χ0) is 12.3. The van der Waals surface area contributed by atoms with E-state index in [1.807, 2.05) is 26.2 Å². The van der Waals surface area contributed by atoms with Gasteiger partial charge in [0.1, 0.15) is 5.69 Å². The van der Waals surface area contributed by atoms with Gasteiger partial charge in [0.2, 0.25) is 0 Å². The SMILES string of the molecule is CCNCc1cc(=O)[nH]c(-c2ccn(C)n2)n1. The Hall–Kier alpha value is -1.95. The average Bonchev–Trinajstić information content (AvgIpc) is 2.72. The summed E-state index contributed by atoms with van der Waals surface area (Å²) in [7, 11) is 1.82. The molecule has 0 saturated heterocycles. The molecular weight excluding hydrogens is 218 g/mol. The lowest BCUT2D eigenvalue weighted by Crippen LogP contribution is -2.17. The normalized spacial score (nSPS) is 10.7. The Bertz CT molecular complexity index is 557. The highest BCUT2D eigenvalue weighted by molar-refractivity contribution is 5.47. The summed E-state index contributed by atoms with van der Waals surface area (Å²) in [5.41, 5.74) is 1.23. The molecule has 0 fully saturated rings. The molecule has 2 aromatic heterocycles. The van der Waals surface area contributed by atoms with Crippen LogP contribution in [-0.2, 0) is 13.6 Å². The van der Waals surface area contributed by atoms with Crippen LogP contribution in [-0.4, -0.2) is 26.3 Å². The van der Waals surface area contributed by atoms with Crippen LogP contribution in [0.5, 0.6) is 0 Å². The van der Waals surface area contributed by atoms with Crippen LogP contribution in [0.3, 0.4) is 0 Å². The van der Waals surface area contributed by atoms with E-state index in [0.717, 1.165) is 12.2 Å². The molecule has 0 radical (unpaired) electrons. The summed E-state index contributed by atoms with van der Waals surface area (Å²) in [4.78, 5) is 18.5. The van der Waals surface area contributed by atoms with Gasteiger partial charge >= 0.3 is 0 Å². The van der Waals surface area contributed by atoms with E-state index in [0.29, 0.717) is 18.1 Å². The maximum atomic E-state index is 11.5. The Kier molecular flexibility index (Phi) is 3.34. The molecule has 6 heteroatoms. The van der Waals surface area contributed by atoms with Gasteiger partial charge in [0.25, 0.3) is 5.56 Å². The van der Waals surface area contributed by atoms with Gasteiger partial charge in [0.15, 0.2) is 5.82 Å². The van der Waals surface area contributed by atoms with Crippen molar-refractivity contribution in [3.8, 4) is 11.5 Å². The van der Waals surface area contributed by atoms with Gasteiger partial charge < -0.3 is 10.3 Å². The molecule has 2 N–H and O–H groups in total. The van der Waals surface area contributed by atoms with E-state index >= 15 is 0 Å². The minimum Gasteiger partial charge on any atom is -0.311 e. The average molecular weight is 233 g/mol. The van der Waals surface area contributed by atoms with Crippen LogP contribution in [0.4, 0.5) is 0 Å². The number of H-pyrrole nitrogens is 1. The van der Waals surface area contributed by atoms with Gasteiger partial charge in [-0.2, -0.15) is 5.10 Å². The first kappa shape index (κ1) is 11.5. The number of aryl methyl sites for hydroxylation is 1. The van der Waals surface area contributed by atoms with Crippen LogP contribution in [0.1, 0.15) is 12.6 Å². The number of hydrogen-bond donors (Lipinski definition) is 2. The number of hydrogen-bond acceptors (Lipinski definition) is 4. The van der Waals surface area contributed by atoms with Gasteiger partial charge in [0.05, 0.1) is 5.69 Å². The fourth-order valence-corrected chi connectivity index (χ4v) is 1.51. The molecule has 0 saturated carbocycles. The second kappa shape index (κ2) is 4.92. The molecule has 2 rings (SSSR count). The van der Waals surface area contributed by atoms with Gasteiger partial charge in [-0.1, -0.05) is 6.92 Å². The Morgan fingerprint density at radius 1 is 1.53 bits per heavy atom. The van der Waals surface area contributed by atoms with Crippen molar-refractivity contribution in [3.63, 3.8) is 0 Å². The van der Waals surface area contributed by atoms with Crippen molar-refractivity contribution in [2.45, 2.75) is 13.5 Å². The van der Waals surface area contributed by atoms with Crippen molar-refractivity contribution in [1.29, 1.82) is 0 Å². The summed E-state index contributed by atoms with van der Waals surface area (Å²) < 4.78 is 1.67. The maximum absolute atomic E-state index is 11.5. The second-order valence-corrected chi connectivity index (χ2v) is 3.74. The molecule has 0 unspecified atom stereocenters. The Morgan fingerprint density at radius 2 is 2.35 bits per heavy atom. The van der Waals surface area contributed by atoms with Gasteiger partial charge in [0, 0.05) is 25.9 Å². The lowest BCUT2D eigenvalue weighted by Gasteiger charge is -2.02. The first-order valence-electron chi connectivity index (χ1n) is 5.50. The first-order chi connectivity index (χ1) is 8.19. The lowest BCUT2D eigenvalue weighted by molar-refractivity contribution is 0.706. The quantitative estimate of drug-likeness (QED) is 0.795. The largest absolute Gasteiger partial charge is 0.311 e. The molecule has 0 bridgehead atoms. The summed E-state index contributed by atoms with van der Waals surface area (Å²) in [6.07, 6.45) is 1.81. The summed E-state index contributed by atoms with van der Waals surface area (Å²) >= 11 is 0. The lowest BCUT2D eigenvalue weighted by atomic mass is 10.3. The topological polar surface area (TPSA) is 75.6 Å². The molecule has 0 aliphatic heterocycles. The number of nitrogens with zero attached hydrogens (tertiary/aromatic N) is 3. The molecule has 0 aliphatic carbocycles. The fourth-order valence-electron chi connectivity index (χ4n) is 1.51. The highest BCUT2D eigenvalue weighted by Gasteiger charge is 2.06. The highest BCUT2D eigenvalue weighted by Crippen LogP contribution is 2.09. The molecule has 17 heavy (non-hydrogen) atoms. The molecular formula is C11H15N5O. The van der Waals surface area contributed by atoms with E-state index < -0.39 is 0 Å². The summed E-state index contributed by atoms with van der Waals surface area (Å²) in [6.45, 7) is 3.43. The molecule has 2 aromatic rings. The van der Waals surface area contributed by atoms with Crippen molar-refractivity contribution in [2.75, 3.05) is 6.54 Å². The Labute approximate surface area is 98.7 Å². The van der Waals surface area contributed by atoms with E-state index in [4.69, 9.17) is 0 Å². The third-order valence-electron chi connectivity index (χ3n) is 2.31. The number of aromatic nitrogens is 4. The standard InChI is InChI=1S/C11H15N5O/c1-3-12-7-8-6-10(17)14-11(13-8)9-4-5-16(2)15-9/h4-6,12H,3,7H2,1-2H3,(H,13,14,17). The molecule has 0 amide bonds. The number of aromatic amines is 1. The van der Waals surface area contributed by atoms with Crippen molar-refractivity contribution < 1.29 is 0 Å². The maximum Gasteiger partial charge on any atom is 0.251 e. The van der Waals surface area contributed by atoms with E-state index in [9.17, 15) is 4.79 Å². The minimum atomic E-state index is -0.159. The predicted molar refractivity (Wildman–Crippen MR) is 64.4 cm³/mol. The molecule has 90 valence electrons. The van der Waals surface area contributed by atoms with Crippen LogP contribution < -0.4 is 10.9 Å². The highest BCUT2D eigenvalue weighted by atomic mass is 16.1. The van der Waals surface area contributed by atoms with Crippen LogP contribution in [0.15, 0.2) is 23.1 Å². The van der Waals surface area contributed by atoms with Crippen LogP contribution >= 0.6 is 0 Å². The first-order valence-corrected chi connectivity index (χ1v) is 5.50. The van der Waals surface area contributed by atoms with Crippen molar-refractivity contribution in [2.24, 2.45) is 7.05 Å². The third-order valence-corrected chi connectivity index (χ3v) is 2.31. The second-order valence-electron chi connectivity index (χ2n) is 3.74. The van der Waals surface area contributed by atoms with Crippen LogP contribution in [0, 0.1) is 0 Å². The molecule has 6 nitrogen and oxygen atoms in total. The molecule has 0 spiro atoms. The zero-order valence-corrected chi connectivity index (χ0v) is 9.90. The molecule has 0 atom stereocenters. The van der Waals surface area contributed by atoms with Gasteiger partial charge in [-0.3, -0.25) is 9.48 Å². The van der Waals surface area contributed by atoms with Gasteiger partial charge in [-0.05, 0) is 12.6 Å². The summed E-state index contributed by atoms with van der Waals surface area (Å²) in [5.74, 6) is 0.506. The molecule has 0 aliphatic rings. The van der Waals surface area contributed by atoms with E-state index in [2.05, 4.69) is 20.4 Å². The Morgan fingerprint density at radius 3 is 3.00 bits per heavy atom. The third kappa shape index (κ3) is 2.79. The summed E-state index contributed by atoms with van der Waals surface area (Å²) in [6, 6.07) is 3.31. The molecule has 0 aromatic carbocycles. The Balaban J connectivity index is 2.34. The predicted octanol–water partition coefficient (Wildman–Crippen LogP) is 0.280. The van der Waals surface area contributed by atoms with Crippen molar-refractivity contribution in [1.82, 2.24) is 25.1 Å². The van der Waals surface area contributed by atoms with Crippen molar-refractivity contribution >= 4 is 0 Å². The number of rotatable bonds is 4. The van der Waals surface area contributed by atoms with E-state index in [1.54, 1.807) is 4.68 Å². The van der Waals surface area contributed by atoms with Crippen LogP contribution in [0.2, 0.25) is 0 Å². The fraction of sp³-hybridized carbons (Fsp3) is 0.364. The molecule has 2 heterocycles. The monoisotopic (exact) mass is 233 g/mol. The van der Waals surface area contributed by atoms with E-state index in [1.165, 1.54) is 6.07 Å². The smallest absolute Gasteiger partial charge is 0.251 e. The van der Waals surface area contributed by atoms with Crippen LogP contribution in [0.25, 0.3) is 11.5 Å². The van der Waals surface area contributed by atoms with E-state index in [-0.39, 0.29) is 5.56 Å². The van der Waals surface area contributed by atoms with Crippen molar-refractivity contribution in [3.05, 3.63) is 34.4 Å². The van der Waals surface area contributed by atoms with Gasteiger partial charge in [-0.25, -0.2) is 4.98 Å².